The summed E-state index contributed by atoms with van der Waals surface area (Å²) in [4.78, 5) is 30.8. The van der Waals surface area contributed by atoms with Crippen LogP contribution < -0.4 is 15.6 Å². The second-order valence-electron chi connectivity index (χ2n) is 6.55. The van der Waals surface area contributed by atoms with E-state index < -0.39 is 18.3 Å². The van der Waals surface area contributed by atoms with Gasteiger partial charge in [0.05, 0.1) is 31.0 Å². The summed E-state index contributed by atoms with van der Waals surface area (Å²) in [6, 6.07) is 3.07. The molecule has 2 N–H and O–H groups in total. The van der Waals surface area contributed by atoms with Gasteiger partial charge < -0.3 is 15.2 Å². The third-order valence-corrected chi connectivity index (χ3v) is 4.71. The van der Waals surface area contributed by atoms with Crippen LogP contribution in [0.4, 0.5) is 24.7 Å². The number of anilines is 2. The Morgan fingerprint density at radius 3 is 2.67 bits per heavy atom. The smallest absolute Gasteiger partial charge is 0.387 e. The topological polar surface area (TPSA) is 93.0 Å². The SMILES string of the molecule is Cc1c2c(c(Nc3ccc(OC(F)F)cc3F)n(C)c1=O)C(=O)N(OCCO)CC2. The third-order valence-electron chi connectivity index (χ3n) is 4.71. The van der Waals surface area contributed by atoms with Gasteiger partial charge in [-0.25, -0.2) is 9.45 Å². The first-order valence-corrected chi connectivity index (χ1v) is 9.04. The summed E-state index contributed by atoms with van der Waals surface area (Å²) in [5.41, 5.74) is 0.513. The molecule has 30 heavy (non-hydrogen) atoms. The van der Waals surface area contributed by atoms with Crippen LogP contribution in [0, 0.1) is 12.7 Å². The monoisotopic (exact) mass is 427 g/mol. The molecule has 1 amide bonds. The molecule has 0 aliphatic carbocycles. The highest BCUT2D eigenvalue weighted by atomic mass is 19.3. The van der Waals surface area contributed by atoms with Crippen LogP contribution in [0.2, 0.25) is 0 Å². The molecule has 0 radical (unpaired) electrons. The van der Waals surface area contributed by atoms with Gasteiger partial charge in [-0.1, -0.05) is 0 Å². The van der Waals surface area contributed by atoms with Crippen molar-refractivity contribution in [1.29, 1.82) is 0 Å². The number of pyridine rings is 1. The zero-order valence-electron chi connectivity index (χ0n) is 16.2. The van der Waals surface area contributed by atoms with E-state index in [-0.39, 0.29) is 48.1 Å². The highest BCUT2D eigenvalue weighted by molar-refractivity contribution is 6.01. The number of benzene rings is 1. The van der Waals surface area contributed by atoms with E-state index in [9.17, 15) is 22.8 Å². The van der Waals surface area contributed by atoms with Crippen LogP contribution in [0.5, 0.6) is 5.75 Å². The summed E-state index contributed by atoms with van der Waals surface area (Å²) >= 11 is 0. The molecule has 2 aromatic rings. The summed E-state index contributed by atoms with van der Waals surface area (Å²) in [6.07, 6.45) is 0.326. The minimum Gasteiger partial charge on any atom is -0.435 e. The molecule has 1 aliphatic rings. The molecule has 0 bridgehead atoms. The number of fused-ring (bicyclic) bond motifs is 1. The minimum atomic E-state index is -3.10. The Kier molecular flexibility index (Phi) is 6.32. The van der Waals surface area contributed by atoms with E-state index in [2.05, 4.69) is 10.1 Å². The van der Waals surface area contributed by atoms with Crippen LogP contribution in [-0.4, -0.2) is 47.0 Å². The van der Waals surface area contributed by atoms with Gasteiger partial charge in [0.1, 0.15) is 17.4 Å². The molecule has 0 unspecified atom stereocenters. The fourth-order valence-corrected chi connectivity index (χ4v) is 3.28. The third kappa shape index (κ3) is 4.12. The standard InChI is InChI=1S/C19H20F3N3O5/c1-10-12-5-6-25(29-8-7-26)18(28)15(12)16(24(2)17(10)27)23-14-4-3-11(9-13(14)20)30-19(21)22/h3-4,9,19,23,26H,5-8H2,1-2H3. The van der Waals surface area contributed by atoms with Crippen LogP contribution in [0.25, 0.3) is 0 Å². The molecule has 3 rings (SSSR count). The number of halogens is 3. The highest BCUT2D eigenvalue weighted by Gasteiger charge is 2.32. The lowest BCUT2D eigenvalue weighted by Gasteiger charge is -2.30. The zero-order chi connectivity index (χ0) is 22.0. The molecule has 2 heterocycles. The molecule has 162 valence electrons. The number of nitrogens with one attached hydrogen (secondary N) is 1. The van der Waals surface area contributed by atoms with Gasteiger partial charge in [-0.15, -0.1) is 0 Å². The zero-order valence-corrected chi connectivity index (χ0v) is 16.2. The van der Waals surface area contributed by atoms with Crippen LogP contribution in [0.1, 0.15) is 21.5 Å². The average molecular weight is 427 g/mol. The number of amides is 1. The number of ether oxygens (including phenoxy) is 1. The molecule has 0 saturated heterocycles. The molecule has 11 heteroatoms. The number of alkyl halides is 2. The lowest BCUT2D eigenvalue weighted by molar-refractivity contribution is -0.132. The molecule has 0 spiro atoms. The summed E-state index contributed by atoms with van der Waals surface area (Å²) in [5.74, 6) is -1.80. The van der Waals surface area contributed by atoms with Crippen molar-refractivity contribution in [3.8, 4) is 5.75 Å². The van der Waals surface area contributed by atoms with E-state index in [1.165, 1.54) is 11.6 Å². The van der Waals surface area contributed by atoms with Gasteiger partial charge in [-0.2, -0.15) is 8.78 Å². The van der Waals surface area contributed by atoms with E-state index in [0.717, 1.165) is 23.3 Å². The van der Waals surface area contributed by atoms with Crippen LogP contribution in [0.3, 0.4) is 0 Å². The fourth-order valence-electron chi connectivity index (χ4n) is 3.28. The molecular formula is C19H20F3N3O5. The predicted molar refractivity (Wildman–Crippen MR) is 101 cm³/mol. The van der Waals surface area contributed by atoms with Crippen molar-refractivity contribution >= 4 is 17.4 Å². The van der Waals surface area contributed by atoms with Crippen LogP contribution in [-0.2, 0) is 18.3 Å². The average Bonchev–Trinajstić information content (AvgIpc) is 2.70. The van der Waals surface area contributed by atoms with Crippen LogP contribution in [0.15, 0.2) is 23.0 Å². The lowest BCUT2D eigenvalue weighted by Crippen LogP contribution is -2.41. The van der Waals surface area contributed by atoms with Gasteiger partial charge in [-0.05, 0) is 31.0 Å². The molecular weight excluding hydrogens is 407 g/mol. The second kappa shape index (κ2) is 8.76. The van der Waals surface area contributed by atoms with E-state index in [4.69, 9.17) is 9.94 Å². The Morgan fingerprint density at radius 1 is 1.30 bits per heavy atom. The van der Waals surface area contributed by atoms with Crippen molar-refractivity contribution in [1.82, 2.24) is 9.63 Å². The van der Waals surface area contributed by atoms with Gasteiger partial charge in [0.15, 0.2) is 0 Å². The quantitative estimate of drug-likeness (QED) is 0.703. The Bertz CT molecular complexity index is 1030. The molecule has 1 aromatic carbocycles. The first-order valence-electron chi connectivity index (χ1n) is 9.04. The normalized spacial score (nSPS) is 13.6. The first-order chi connectivity index (χ1) is 14.2. The van der Waals surface area contributed by atoms with E-state index in [1.807, 2.05) is 0 Å². The first kappa shape index (κ1) is 21.7. The molecule has 1 aromatic heterocycles. The van der Waals surface area contributed by atoms with Crippen molar-refractivity contribution < 1.29 is 32.6 Å². The lowest BCUT2D eigenvalue weighted by atomic mass is 9.96. The van der Waals surface area contributed by atoms with E-state index in [0.29, 0.717) is 17.5 Å². The molecule has 0 saturated carbocycles. The van der Waals surface area contributed by atoms with Gasteiger partial charge in [0, 0.05) is 18.7 Å². The van der Waals surface area contributed by atoms with Crippen molar-refractivity contribution in [3.63, 3.8) is 0 Å². The maximum Gasteiger partial charge on any atom is 0.387 e. The second-order valence-corrected chi connectivity index (χ2v) is 6.55. The number of aliphatic hydroxyl groups excluding tert-OH is 1. The summed E-state index contributed by atoms with van der Waals surface area (Å²) in [7, 11) is 1.42. The number of hydrogen-bond donors (Lipinski definition) is 2. The van der Waals surface area contributed by atoms with Crippen molar-refractivity contribution in [2.45, 2.75) is 20.0 Å². The van der Waals surface area contributed by atoms with Crippen molar-refractivity contribution in [3.05, 3.63) is 51.1 Å². The van der Waals surface area contributed by atoms with Crippen molar-refractivity contribution in [2.24, 2.45) is 7.05 Å². The van der Waals surface area contributed by atoms with E-state index >= 15 is 0 Å². The van der Waals surface area contributed by atoms with Crippen molar-refractivity contribution in [2.75, 3.05) is 25.1 Å². The number of nitrogens with zero attached hydrogens (tertiary/aromatic N) is 2. The Morgan fingerprint density at radius 2 is 2.03 bits per heavy atom. The number of rotatable bonds is 7. The summed E-state index contributed by atoms with van der Waals surface area (Å²) in [5, 5.41) is 12.7. The van der Waals surface area contributed by atoms with Crippen LogP contribution >= 0.6 is 0 Å². The minimum absolute atomic E-state index is 0.0318. The van der Waals surface area contributed by atoms with Gasteiger partial charge in [-0.3, -0.25) is 19.0 Å². The Labute approximate surface area is 169 Å². The largest absolute Gasteiger partial charge is 0.435 e. The summed E-state index contributed by atoms with van der Waals surface area (Å²) < 4.78 is 44.4. The van der Waals surface area contributed by atoms with Gasteiger partial charge >= 0.3 is 6.61 Å². The fraction of sp³-hybridized carbons (Fsp3) is 0.368. The molecule has 0 fully saturated rings. The summed E-state index contributed by atoms with van der Waals surface area (Å²) in [6.45, 7) is -1.69. The number of carbonyl (C=O) groups is 1. The molecule has 0 atom stereocenters. The number of aliphatic hydroxyl groups is 1. The Hall–Kier alpha value is -3.05. The number of hydrogen-bond acceptors (Lipinski definition) is 6. The maximum absolute atomic E-state index is 14.4. The van der Waals surface area contributed by atoms with Gasteiger partial charge in [0.25, 0.3) is 11.5 Å². The van der Waals surface area contributed by atoms with E-state index in [1.54, 1.807) is 6.92 Å². The number of hydroxylamine groups is 2. The Balaban J connectivity index is 2.05. The van der Waals surface area contributed by atoms with Gasteiger partial charge in [0.2, 0.25) is 0 Å². The number of aromatic nitrogens is 1. The highest BCUT2D eigenvalue weighted by Crippen LogP contribution is 2.31. The molecule has 8 nitrogen and oxygen atoms in total. The maximum atomic E-state index is 14.4. The number of carbonyl (C=O) groups excluding carboxylic acids is 1. The molecule has 1 aliphatic heterocycles. The predicted octanol–water partition coefficient (Wildman–Crippen LogP) is 2.10.